The molecular weight excluding hydrogens is 396 g/mol. The molecule has 1 aliphatic heterocycles. The number of piperidine rings is 1. The van der Waals surface area contributed by atoms with Gasteiger partial charge in [-0.25, -0.2) is 8.42 Å². The molecule has 0 atom stereocenters. The standard InChI is InChI=1S/C21H25ClN2O3S/c1-15-9-11-24(12-10-15)28(26,27)19-7-4-17(5-8-19)21(25)14-23-20-13-18(22)6-3-16(20)2/h3-8,13,15,23H,9-12,14H2,1-2H3. The van der Waals surface area contributed by atoms with Gasteiger partial charge in [-0.05, 0) is 67.6 Å². The number of ketones is 1. The number of hydrogen-bond acceptors (Lipinski definition) is 4. The first-order chi connectivity index (χ1) is 13.3. The highest BCUT2D eigenvalue weighted by Gasteiger charge is 2.28. The van der Waals surface area contributed by atoms with E-state index in [9.17, 15) is 13.2 Å². The molecule has 1 fully saturated rings. The first kappa shape index (κ1) is 20.8. The lowest BCUT2D eigenvalue weighted by molar-refractivity contribution is 0.101. The Morgan fingerprint density at radius 3 is 2.43 bits per heavy atom. The summed E-state index contributed by atoms with van der Waals surface area (Å²) in [6.07, 6.45) is 1.76. The van der Waals surface area contributed by atoms with Crippen molar-refractivity contribution in [1.29, 1.82) is 0 Å². The zero-order valence-corrected chi connectivity index (χ0v) is 17.7. The first-order valence-corrected chi connectivity index (χ1v) is 11.2. The van der Waals surface area contributed by atoms with Gasteiger partial charge in [0.1, 0.15) is 0 Å². The maximum Gasteiger partial charge on any atom is 0.243 e. The summed E-state index contributed by atoms with van der Waals surface area (Å²) < 4.78 is 27.1. The number of sulfonamides is 1. The van der Waals surface area contributed by atoms with Crippen molar-refractivity contribution in [3.8, 4) is 0 Å². The van der Waals surface area contributed by atoms with Crippen molar-refractivity contribution in [2.45, 2.75) is 31.6 Å². The normalized spacial score (nSPS) is 16.1. The molecule has 0 aliphatic carbocycles. The van der Waals surface area contributed by atoms with E-state index in [-0.39, 0.29) is 17.2 Å². The highest BCUT2D eigenvalue weighted by molar-refractivity contribution is 7.89. The van der Waals surface area contributed by atoms with Crippen LogP contribution in [0.2, 0.25) is 5.02 Å². The van der Waals surface area contributed by atoms with E-state index in [1.807, 2.05) is 13.0 Å². The summed E-state index contributed by atoms with van der Waals surface area (Å²) in [6.45, 7) is 5.28. The molecule has 0 saturated carbocycles. The third-order valence-electron chi connectivity index (χ3n) is 5.20. The second-order valence-electron chi connectivity index (χ2n) is 7.35. The quantitative estimate of drug-likeness (QED) is 0.705. The third kappa shape index (κ3) is 4.74. The van der Waals surface area contributed by atoms with Gasteiger partial charge in [-0.3, -0.25) is 4.79 Å². The minimum absolute atomic E-state index is 0.108. The lowest BCUT2D eigenvalue weighted by Crippen LogP contribution is -2.37. The second kappa shape index (κ2) is 8.64. The molecule has 0 unspecified atom stereocenters. The summed E-state index contributed by atoms with van der Waals surface area (Å²) in [5.74, 6) is 0.442. The molecule has 0 bridgehead atoms. The van der Waals surface area contributed by atoms with Crippen molar-refractivity contribution in [3.05, 3.63) is 58.6 Å². The van der Waals surface area contributed by atoms with E-state index < -0.39 is 10.0 Å². The number of nitrogens with zero attached hydrogens (tertiary/aromatic N) is 1. The molecule has 1 N–H and O–H groups in total. The number of rotatable bonds is 6. The summed E-state index contributed by atoms with van der Waals surface area (Å²) in [5, 5.41) is 3.69. The maximum atomic E-state index is 12.8. The minimum atomic E-state index is -3.50. The molecule has 28 heavy (non-hydrogen) atoms. The average molecular weight is 421 g/mol. The molecule has 1 aliphatic rings. The Labute approximate surface area is 171 Å². The molecule has 0 radical (unpaired) electrons. The number of anilines is 1. The number of hydrogen-bond donors (Lipinski definition) is 1. The van der Waals surface area contributed by atoms with E-state index in [1.54, 1.807) is 24.3 Å². The zero-order valence-electron chi connectivity index (χ0n) is 16.1. The lowest BCUT2D eigenvalue weighted by Gasteiger charge is -2.29. The fraction of sp³-hybridized carbons (Fsp3) is 0.381. The van der Waals surface area contributed by atoms with Crippen LogP contribution in [0, 0.1) is 12.8 Å². The van der Waals surface area contributed by atoms with Crippen LogP contribution in [-0.2, 0) is 10.0 Å². The van der Waals surface area contributed by atoms with Crippen LogP contribution in [0.25, 0.3) is 0 Å². The topological polar surface area (TPSA) is 66.5 Å². The van der Waals surface area contributed by atoms with Gasteiger partial charge in [0.25, 0.3) is 0 Å². The number of halogens is 1. The monoisotopic (exact) mass is 420 g/mol. The van der Waals surface area contributed by atoms with Crippen molar-refractivity contribution in [1.82, 2.24) is 4.31 Å². The van der Waals surface area contributed by atoms with E-state index in [4.69, 9.17) is 11.6 Å². The highest BCUT2D eigenvalue weighted by Crippen LogP contribution is 2.24. The van der Waals surface area contributed by atoms with Gasteiger partial charge in [0, 0.05) is 29.4 Å². The Bertz CT molecular complexity index is 950. The maximum absolute atomic E-state index is 12.8. The third-order valence-corrected chi connectivity index (χ3v) is 7.34. The highest BCUT2D eigenvalue weighted by atomic mass is 35.5. The summed E-state index contributed by atoms with van der Waals surface area (Å²) in [5.41, 5.74) is 2.27. The molecule has 0 amide bonds. The van der Waals surface area contributed by atoms with Crippen LogP contribution in [0.4, 0.5) is 5.69 Å². The van der Waals surface area contributed by atoms with E-state index in [1.165, 1.54) is 16.4 Å². The zero-order chi connectivity index (χ0) is 20.3. The Morgan fingerprint density at radius 1 is 1.14 bits per heavy atom. The van der Waals surface area contributed by atoms with Crippen LogP contribution in [0.3, 0.4) is 0 Å². The molecule has 0 spiro atoms. The average Bonchev–Trinajstić information content (AvgIpc) is 2.69. The fourth-order valence-corrected chi connectivity index (χ4v) is 4.89. The molecule has 5 nitrogen and oxygen atoms in total. The molecule has 1 saturated heterocycles. The number of nitrogens with one attached hydrogen (secondary N) is 1. The molecule has 0 aromatic heterocycles. The van der Waals surface area contributed by atoms with Crippen LogP contribution >= 0.6 is 11.6 Å². The van der Waals surface area contributed by atoms with Gasteiger partial charge in [0.2, 0.25) is 10.0 Å². The number of benzene rings is 2. The first-order valence-electron chi connectivity index (χ1n) is 9.41. The van der Waals surface area contributed by atoms with Crippen LogP contribution < -0.4 is 5.32 Å². The van der Waals surface area contributed by atoms with Crippen LogP contribution in [0.1, 0.15) is 35.7 Å². The van der Waals surface area contributed by atoms with Gasteiger partial charge in [-0.2, -0.15) is 4.31 Å². The van der Waals surface area contributed by atoms with Gasteiger partial charge >= 0.3 is 0 Å². The van der Waals surface area contributed by atoms with E-state index in [0.29, 0.717) is 29.6 Å². The predicted molar refractivity (Wildman–Crippen MR) is 113 cm³/mol. The van der Waals surface area contributed by atoms with E-state index in [0.717, 1.165) is 24.1 Å². The molecule has 3 rings (SSSR count). The number of aryl methyl sites for hydroxylation is 1. The summed E-state index contributed by atoms with van der Waals surface area (Å²) in [6, 6.07) is 11.7. The molecule has 2 aromatic carbocycles. The number of carbonyl (C=O) groups is 1. The van der Waals surface area contributed by atoms with Crippen molar-refractivity contribution in [2.24, 2.45) is 5.92 Å². The molecule has 150 valence electrons. The van der Waals surface area contributed by atoms with Gasteiger partial charge in [0.05, 0.1) is 11.4 Å². The van der Waals surface area contributed by atoms with Gasteiger partial charge in [-0.15, -0.1) is 0 Å². The van der Waals surface area contributed by atoms with Crippen molar-refractivity contribution in [3.63, 3.8) is 0 Å². The van der Waals surface area contributed by atoms with Gasteiger partial charge in [-0.1, -0.05) is 24.6 Å². The minimum Gasteiger partial charge on any atom is -0.377 e. The molecule has 1 heterocycles. The number of Topliss-reactive ketones (excluding diaryl/α,β-unsaturated/α-hetero) is 1. The van der Waals surface area contributed by atoms with Gasteiger partial charge < -0.3 is 5.32 Å². The Kier molecular flexibility index (Phi) is 6.43. The fourth-order valence-electron chi connectivity index (χ4n) is 3.25. The summed E-state index contributed by atoms with van der Waals surface area (Å²) in [7, 11) is -3.50. The largest absolute Gasteiger partial charge is 0.377 e. The Balaban J connectivity index is 1.66. The van der Waals surface area contributed by atoms with Crippen LogP contribution in [0.15, 0.2) is 47.4 Å². The summed E-state index contributed by atoms with van der Waals surface area (Å²) in [4.78, 5) is 12.7. The van der Waals surface area contributed by atoms with Gasteiger partial charge in [0.15, 0.2) is 5.78 Å². The number of carbonyl (C=O) groups excluding carboxylic acids is 1. The molecular formula is C21H25ClN2O3S. The lowest BCUT2D eigenvalue weighted by atomic mass is 10.0. The van der Waals surface area contributed by atoms with E-state index >= 15 is 0 Å². The summed E-state index contributed by atoms with van der Waals surface area (Å²) >= 11 is 6.00. The smallest absolute Gasteiger partial charge is 0.243 e. The second-order valence-corrected chi connectivity index (χ2v) is 9.72. The van der Waals surface area contributed by atoms with E-state index in [2.05, 4.69) is 12.2 Å². The van der Waals surface area contributed by atoms with Crippen molar-refractivity contribution < 1.29 is 13.2 Å². The SMILES string of the molecule is Cc1ccc(Cl)cc1NCC(=O)c1ccc(S(=O)(=O)N2CCC(C)CC2)cc1. The Hall–Kier alpha value is -1.89. The van der Waals surface area contributed by atoms with Crippen LogP contribution in [0.5, 0.6) is 0 Å². The Morgan fingerprint density at radius 2 is 1.79 bits per heavy atom. The van der Waals surface area contributed by atoms with Crippen molar-refractivity contribution in [2.75, 3.05) is 25.0 Å². The predicted octanol–water partition coefficient (Wildman–Crippen LogP) is 4.36. The molecule has 2 aromatic rings. The van der Waals surface area contributed by atoms with Crippen molar-refractivity contribution >= 4 is 33.1 Å². The van der Waals surface area contributed by atoms with Crippen LogP contribution in [-0.4, -0.2) is 38.1 Å². The molecule has 7 heteroatoms.